The van der Waals surface area contributed by atoms with E-state index in [9.17, 15) is 9.59 Å². The highest BCUT2D eigenvalue weighted by Gasteiger charge is 2.27. The second kappa shape index (κ2) is 7.64. The van der Waals surface area contributed by atoms with E-state index in [2.05, 4.69) is 10.1 Å². The molecule has 5 nitrogen and oxygen atoms in total. The zero-order valence-electron chi connectivity index (χ0n) is 12.4. The monoisotopic (exact) mass is 334 g/mol. The van der Waals surface area contributed by atoms with Crippen molar-refractivity contribution in [2.75, 3.05) is 12.4 Å². The molecule has 0 aliphatic carbocycles. The Morgan fingerprint density at radius 1 is 1.33 bits per heavy atom. The van der Waals surface area contributed by atoms with E-state index in [0.717, 1.165) is 0 Å². The lowest BCUT2D eigenvalue weighted by Crippen LogP contribution is -2.45. The molecule has 1 amide bonds. The van der Waals surface area contributed by atoms with E-state index < -0.39 is 12.0 Å². The number of ether oxygens (including phenoxy) is 1. The van der Waals surface area contributed by atoms with Gasteiger partial charge in [0.25, 0.3) is 0 Å². The van der Waals surface area contributed by atoms with Crippen LogP contribution in [0.2, 0.25) is 5.02 Å². The highest BCUT2D eigenvalue weighted by Crippen LogP contribution is 2.23. The molecule has 3 N–H and O–H groups in total. The van der Waals surface area contributed by atoms with Crippen molar-refractivity contribution in [1.29, 1.82) is 0 Å². The van der Waals surface area contributed by atoms with Crippen molar-refractivity contribution in [2.45, 2.75) is 26.8 Å². The van der Waals surface area contributed by atoms with Gasteiger partial charge in [-0.3, -0.25) is 4.79 Å². The summed E-state index contributed by atoms with van der Waals surface area (Å²) in [6.45, 7) is 5.64. The number of carbonyl (C=O) groups excluding carboxylic acids is 2. The van der Waals surface area contributed by atoms with Gasteiger partial charge in [0.1, 0.15) is 0 Å². The van der Waals surface area contributed by atoms with Crippen molar-refractivity contribution in [1.82, 2.24) is 0 Å². The Morgan fingerprint density at radius 2 is 1.90 bits per heavy atom. The van der Waals surface area contributed by atoms with E-state index in [1.807, 2.05) is 20.8 Å². The molecule has 0 spiro atoms. The number of nitrogens with one attached hydrogen (secondary N) is 1. The van der Waals surface area contributed by atoms with Crippen LogP contribution in [0.15, 0.2) is 18.2 Å². The third-order valence-electron chi connectivity index (χ3n) is 2.86. The van der Waals surface area contributed by atoms with Crippen LogP contribution in [-0.2, 0) is 9.53 Å². The highest BCUT2D eigenvalue weighted by molar-refractivity contribution is 6.34. The van der Waals surface area contributed by atoms with E-state index in [-0.39, 0.29) is 34.3 Å². The van der Waals surface area contributed by atoms with Crippen LogP contribution in [0.4, 0.5) is 5.69 Å². The Hall–Kier alpha value is -1.30. The summed E-state index contributed by atoms with van der Waals surface area (Å²) in [4.78, 5) is 23.4. The first kappa shape index (κ1) is 19.7. The third-order valence-corrected chi connectivity index (χ3v) is 3.17. The summed E-state index contributed by atoms with van der Waals surface area (Å²) >= 11 is 5.97. The van der Waals surface area contributed by atoms with Crippen LogP contribution in [0.3, 0.4) is 0 Å². The molecule has 0 heterocycles. The van der Waals surface area contributed by atoms with Gasteiger partial charge in [-0.1, -0.05) is 32.4 Å². The van der Waals surface area contributed by atoms with Crippen LogP contribution < -0.4 is 11.1 Å². The van der Waals surface area contributed by atoms with Gasteiger partial charge < -0.3 is 15.8 Å². The fraction of sp³-hybridized carbons (Fsp3) is 0.429. The number of rotatable bonds is 3. The molecule has 118 valence electrons. The second-order valence-corrected chi connectivity index (χ2v) is 5.93. The molecular weight excluding hydrogens is 315 g/mol. The topological polar surface area (TPSA) is 81.4 Å². The third kappa shape index (κ3) is 5.19. The van der Waals surface area contributed by atoms with Crippen LogP contribution in [0.1, 0.15) is 31.1 Å². The summed E-state index contributed by atoms with van der Waals surface area (Å²) in [6, 6.07) is 3.90. The SMILES string of the molecule is COC(=O)c1ccc(NC(=O)[C@@H](N)C(C)(C)C)cc1Cl.Cl. The van der Waals surface area contributed by atoms with Gasteiger partial charge in [0.15, 0.2) is 0 Å². The zero-order valence-corrected chi connectivity index (χ0v) is 14.0. The van der Waals surface area contributed by atoms with Crippen molar-refractivity contribution in [3.05, 3.63) is 28.8 Å². The Labute approximate surface area is 135 Å². The largest absolute Gasteiger partial charge is 0.465 e. The first-order valence-corrected chi connectivity index (χ1v) is 6.49. The summed E-state index contributed by atoms with van der Waals surface area (Å²) in [7, 11) is 1.27. The van der Waals surface area contributed by atoms with Crippen LogP contribution in [0, 0.1) is 5.41 Å². The molecule has 0 saturated carbocycles. The van der Waals surface area contributed by atoms with Crippen LogP contribution in [0.25, 0.3) is 0 Å². The number of halogens is 2. The molecule has 0 radical (unpaired) electrons. The normalized spacial score (nSPS) is 12.1. The summed E-state index contributed by atoms with van der Waals surface area (Å²) in [5.74, 6) is -0.835. The van der Waals surface area contributed by atoms with Crippen molar-refractivity contribution in [3.63, 3.8) is 0 Å². The minimum atomic E-state index is -0.651. The maximum Gasteiger partial charge on any atom is 0.339 e. The maximum atomic E-state index is 12.0. The van der Waals surface area contributed by atoms with Crippen molar-refractivity contribution in [3.8, 4) is 0 Å². The van der Waals surface area contributed by atoms with E-state index >= 15 is 0 Å². The van der Waals surface area contributed by atoms with E-state index in [1.54, 1.807) is 6.07 Å². The smallest absolute Gasteiger partial charge is 0.339 e. The number of hydrogen-bond donors (Lipinski definition) is 2. The Kier molecular flexibility index (Phi) is 7.16. The molecule has 0 unspecified atom stereocenters. The fourth-order valence-corrected chi connectivity index (χ4v) is 1.74. The molecule has 0 saturated heterocycles. The lowest BCUT2D eigenvalue weighted by Gasteiger charge is -2.25. The van der Waals surface area contributed by atoms with Gasteiger partial charge in [-0.05, 0) is 23.6 Å². The number of methoxy groups -OCH3 is 1. The van der Waals surface area contributed by atoms with Crippen LogP contribution in [-0.4, -0.2) is 25.0 Å². The molecule has 7 heteroatoms. The minimum absolute atomic E-state index is 0. The minimum Gasteiger partial charge on any atom is -0.465 e. The molecule has 0 bridgehead atoms. The fourth-order valence-electron chi connectivity index (χ4n) is 1.48. The van der Waals surface area contributed by atoms with Gasteiger partial charge in [0, 0.05) is 5.69 Å². The molecule has 1 atom stereocenters. The summed E-state index contributed by atoms with van der Waals surface area (Å²) in [5, 5.41) is 2.88. The standard InChI is InChI=1S/C14H19ClN2O3.ClH/c1-14(2,3)11(16)12(18)17-8-5-6-9(10(15)7-8)13(19)20-4;/h5-7,11H,16H2,1-4H3,(H,17,18);1H/t11-;/m1./s1. The number of carbonyl (C=O) groups is 2. The van der Waals surface area contributed by atoms with E-state index in [4.69, 9.17) is 17.3 Å². The average molecular weight is 335 g/mol. The van der Waals surface area contributed by atoms with Crippen LogP contribution in [0.5, 0.6) is 0 Å². The number of nitrogens with two attached hydrogens (primary N) is 1. The Morgan fingerprint density at radius 3 is 2.33 bits per heavy atom. The molecule has 1 aromatic rings. The molecule has 1 aromatic carbocycles. The lowest BCUT2D eigenvalue weighted by molar-refractivity contribution is -0.119. The van der Waals surface area contributed by atoms with Gasteiger partial charge in [-0.15, -0.1) is 12.4 Å². The summed E-state index contributed by atoms with van der Waals surface area (Å²) in [5.41, 5.74) is 6.24. The van der Waals surface area contributed by atoms with Crippen molar-refractivity contribution in [2.24, 2.45) is 11.1 Å². The quantitative estimate of drug-likeness (QED) is 0.832. The van der Waals surface area contributed by atoms with E-state index in [1.165, 1.54) is 19.2 Å². The first-order chi connectivity index (χ1) is 9.16. The molecule has 0 aromatic heterocycles. The number of benzene rings is 1. The van der Waals surface area contributed by atoms with Crippen molar-refractivity contribution >= 4 is 41.6 Å². The summed E-state index contributed by atoms with van der Waals surface area (Å²) < 4.78 is 4.59. The molecule has 0 aliphatic heterocycles. The van der Waals surface area contributed by atoms with Gasteiger partial charge in [-0.2, -0.15) is 0 Å². The highest BCUT2D eigenvalue weighted by atomic mass is 35.5. The molecular formula is C14H20Cl2N2O3. The second-order valence-electron chi connectivity index (χ2n) is 5.52. The van der Waals surface area contributed by atoms with Gasteiger partial charge in [-0.25, -0.2) is 4.79 Å². The van der Waals surface area contributed by atoms with Crippen LogP contribution >= 0.6 is 24.0 Å². The predicted octanol–water partition coefficient (Wildman–Crippen LogP) is 2.86. The Balaban J connectivity index is 0.00000400. The summed E-state index contributed by atoms with van der Waals surface area (Å²) in [6.07, 6.45) is 0. The molecule has 0 fully saturated rings. The predicted molar refractivity (Wildman–Crippen MR) is 86.1 cm³/mol. The molecule has 21 heavy (non-hydrogen) atoms. The Bertz CT molecular complexity index is 527. The van der Waals surface area contributed by atoms with Crippen molar-refractivity contribution < 1.29 is 14.3 Å². The first-order valence-electron chi connectivity index (χ1n) is 6.11. The number of esters is 1. The number of hydrogen-bond acceptors (Lipinski definition) is 4. The van der Waals surface area contributed by atoms with Gasteiger partial charge in [0.05, 0.1) is 23.7 Å². The molecule has 1 rings (SSSR count). The maximum absolute atomic E-state index is 12.0. The average Bonchev–Trinajstić information content (AvgIpc) is 2.36. The van der Waals surface area contributed by atoms with Gasteiger partial charge >= 0.3 is 5.97 Å². The number of amides is 1. The van der Waals surface area contributed by atoms with Gasteiger partial charge in [0.2, 0.25) is 5.91 Å². The zero-order chi connectivity index (χ0) is 15.5. The van der Waals surface area contributed by atoms with E-state index in [0.29, 0.717) is 5.69 Å². The lowest BCUT2D eigenvalue weighted by atomic mass is 9.87. The molecule has 0 aliphatic rings. The number of anilines is 1.